The highest BCUT2D eigenvalue weighted by Gasteiger charge is 2.16. The van der Waals surface area contributed by atoms with Gasteiger partial charge in [0.2, 0.25) is 0 Å². The Bertz CT molecular complexity index is 476. The maximum atomic E-state index is 4.48. The van der Waals surface area contributed by atoms with E-state index in [0.29, 0.717) is 0 Å². The molecule has 0 spiro atoms. The van der Waals surface area contributed by atoms with Gasteiger partial charge in [-0.2, -0.15) is 0 Å². The number of nitrogens with one attached hydrogen (secondary N) is 1. The molecule has 0 amide bonds. The largest absolute Gasteiger partial charge is 0.307 e. The van der Waals surface area contributed by atoms with Crippen molar-refractivity contribution in [1.29, 1.82) is 0 Å². The van der Waals surface area contributed by atoms with Gasteiger partial charge in [0.25, 0.3) is 0 Å². The minimum absolute atomic E-state index is 0.208. The van der Waals surface area contributed by atoms with Crippen molar-refractivity contribution in [3.8, 4) is 0 Å². The van der Waals surface area contributed by atoms with E-state index in [1.165, 1.54) is 15.3 Å². The number of nitrogens with zero attached hydrogens (tertiary/aromatic N) is 1. The van der Waals surface area contributed by atoms with Gasteiger partial charge in [0.15, 0.2) is 0 Å². The summed E-state index contributed by atoms with van der Waals surface area (Å²) in [6.07, 6.45) is 1.85. The van der Waals surface area contributed by atoms with Gasteiger partial charge in [-0.25, -0.2) is 0 Å². The molecule has 84 valence electrons. The Morgan fingerprint density at radius 1 is 1.25 bits per heavy atom. The molecule has 1 unspecified atom stereocenters. The summed E-state index contributed by atoms with van der Waals surface area (Å²) in [5.41, 5.74) is 2.35. The van der Waals surface area contributed by atoms with Crippen LogP contribution < -0.4 is 5.32 Å². The second kappa shape index (κ2) is 4.76. The van der Waals surface area contributed by atoms with Crippen molar-refractivity contribution in [2.45, 2.75) is 19.9 Å². The summed E-state index contributed by atoms with van der Waals surface area (Å²) < 4.78 is 0. The Balaban J connectivity index is 2.40. The van der Waals surface area contributed by atoms with Crippen LogP contribution in [0.2, 0.25) is 0 Å². The van der Waals surface area contributed by atoms with Crippen LogP contribution in [0.1, 0.15) is 27.1 Å². The molecule has 1 N–H and O–H groups in total. The van der Waals surface area contributed by atoms with Crippen molar-refractivity contribution in [1.82, 2.24) is 10.3 Å². The first-order chi connectivity index (χ1) is 7.72. The van der Waals surface area contributed by atoms with Crippen LogP contribution in [-0.4, -0.2) is 12.0 Å². The zero-order valence-electron chi connectivity index (χ0n) is 9.82. The van der Waals surface area contributed by atoms with Gasteiger partial charge in [0.1, 0.15) is 0 Å². The van der Waals surface area contributed by atoms with E-state index in [1.54, 1.807) is 0 Å². The van der Waals surface area contributed by atoms with Gasteiger partial charge in [0.05, 0.1) is 11.7 Å². The van der Waals surface area contributed by atoms with Crippen LogP contribution in [-0.2, 0) is 0 Å². The second-order valence-electron chi connectivity index (χ2n) is 3.88. The number of pyridine rings is 1. The molecule has 2 rings (SSSR count). The fourth-order valence-corrected chi connectivity index (χ4v) is 2.81. The molecule has 2 aromatic heterocycles. The first-order valence-electron chi connectivity index (χ1n) is 5.37. The number of aryl methyl sites for hydroxylation is 2. The molecule has 0 bridgehead atoms. The predicted molar refractivity (Wildman–Crippen MR) is 68.9 cm³/mol. The minimum Gasteiger partial charge on any atom is -0.307 e. The highest BCUT2D eigenvalue weighted by Crippen LogP contribution is 2.28. The lowest BCUT2D eigenvalue weighted by molar-refractivity contribution is 0.677. The van der Waals surface area contributed by atoms with Gasteiger partial charge < -0.3 is 5.32 Å². The van der Waals surface area contributed by atoms with Gasteiger partial charge in [-0.1, -0.05) is 6.07 Å². The lowest BCUT2D eigenvalue weighted by Gasteiger charge is -2.15. The van der Waals surface area contributed by atoms with Gasteiger partial charge in [0, 0.05) is 16.0 Å². The van der Waals surface area contributed by atoms with Crippen LogP contribution in [0.15, 0.2) is 30.5 Å². The van der Waals surface area contributed by atoms with Gasteiger partial charge >= 0.3 is 0 Å². The normalized spacial score (nSPS) is 12.7. The Morgan fingerprint density at radius 3 is 2.62 bits per heavy atom. The van der Waals surface area contributed by atoms with Crippen molar-refractivity contribution >= 4 is 11.3 Å². The Labute approximate surface area is 100 Å². The van der Waals surface area contributed by atoms with Crippen molar-refractivity contribution in [3.63, 3.8) is 0 Å². The fraction of sp³-hybridized carbons (Fsp3) is 0.308. The van der Waals surface area contributed by atoms with E-state index in [1.807, 2.05) is 30.6 Å². The van der Waals surface area contributed by atoms with Crippen LogP contribution in [0, 0.1) is 13.8 Å². The molecule has 0 fully saturated rings. The number of thiophene rings is 1. The molecule has 0 radical (unpaired) electrons. The molecule has 1 atom stereocenters. The van der Waals surface area contributed by atoms with Crippen molar-refractivity contribution in [3.05, 3.63) is 51.5 Å². The zero-order chi connectivity index (χ0) is 11.5. The lowest BCUT2D eigenvalue weighted by Crippen LogP contribution is -2.18. The molecular weight excluding hydrogens is 216 g/mol. The van der Waals surface area contributed by atoms with Crippen molar-refractivity contribution in [2.75, 3.05) is 7.05 Å². The first kappa shape index (κ1) is 11.3. The third-order valence-corrected chi connectivity index (χ3v) is 3.72. The fourth-order valence-electron chi connectivity index (χ4n) is 1.82. The van der Waals surface area contributed by atoms with Crippen molar-refractivity contribution < 1.29 is 0 Å². The molecule has 0 saturated heterocycles. The van der Waals surface area contributed by atoms with E-state index in [-0.39, 0.29) is 6.04 Å². The number of hydrogen-bond donors (Lipinski definition) is 1. The molecule has 2 heterocycles. The maximum Gasteiger partial charge on any atom is 0.0845 e. The molecule has 0 saturated carbocycles. The molecule has 0 aliphatic carbocycles. The zero-order valence-corrected chi connectivity index (χ0v) is 10.6. The SMILES string of the molecule is CNC(c1ccc(C)s1)c1ncccc1C. The molecular formula is C13H16N2S. The van der Waals surface area contributed by atoms with Crippen LogP contribution in [0.4, 0.5) is 0 Å². The highest BCUT2D eigenvalue weighted by atomic mass is 32.1. The third-order valence-electron chi connectivity index (χ3n) is 2.66. The molecule has 0 aromatic carbocycles. The summed E-state index contributed by atoms with van der Waals surface area (Å²) in [7, 11) is 1.98. The molecule has 16 heavy (non-hydrogen) atoms. The minimum atomic E-state index is 0.208. The van der Waals surface area contributed by atoms with E-state index >= 15 is 0 Å². The Morgan fingerprint density at radius 2 is 2.06 bits per heavy atom. The summed E-state index contributed by atoms with van der Waals surface area (Å²) in [6.45, 7) is 4.24. The topological polar surface area (TPSA) is 24.9 Å². The monoisotopic (exact) mass is 232 g/mol. The van der Waals surface area contributed by atoms with E-state index in [9.17, 15) is 0 Å². The standard InChI is InChI=1S/C13H16N2S/c1-9-5-4-8-15-12(9)13(14-3)11-7-6-10(2)16-11/h4-8,13-14H,1-3H3. The summed E-state index contributed by atoms with van der Waals surface area (Å²) in [4.78, 5) is 7.14. The van der Waals surface area contributed by atoms with E-state index in [4.69, 9.17) is 0 Å². The lowest BCUT2D eigenvalue weighted by atomic mass is 10.1. The summed E-state index contributed by atoms with van der Waals surface area (Å²) in [5, 5.41) is 3.34. The molecule has 3 heteroatoms. The van der Waals surface area contributed by atoms with Crippen LogP contribution in [0.5, 0.6) is 0 Å². The average Bonchev–Trinajstić information content (AvgIpc) is 2.69. The summed E-state index contributed by atoms with van der Waals surface area (Å²) in [6, 6.07) is 8.62. The summed E-state index contributed by atoms with van der Waals surface area (Å²) >= 11 is 1.82. The number of aromatic nitrogens is 1. The summed E-state index contributed by atoms with van der Waals surface area (Å²) in [5.74, 6) is 0. The third kappa shape index (κ3) is 2.15. The quantitative estimate of drug-likeness (QED) is 0.879. The predicted octanol–water partition coefficient (Wildman–Crippen LogP) is 3.07. The van der Waals surface area contributed by atoms with Crippen LogP contribution in [0.3, 0.4) is 0 Å². The Hall–Kier alpha value is -1.19. The molecule has 0 aliphatic heterocycles. The van der Waals surface area contributed by atoms with Gasteiger partial charge in [-0.3, -0.25) is 4.98 Å². The van der Waals surface area contributed by atoms with E-state index in [0.717, 1.165) is 5.69 Å². The maximum absolute atomic E-state index is 4.48. The average molecular weight is 232 g/mol. The van der Waals surface area contributed by atoms with Gasteiger partial charge in [-0.05, 0) is 44.7 Å². The van der Waals surface area contributed by atoms with E-state index < -0.39 is 0 Å². The van der Waals surface area contributed by atoms with Crippen LogP contribution in [0.25, 0.3) is 0 Å². The van der Waals surface area contributed by atoms with Gasteiger partial charge in [-0.15, -0.1) is 11.3 Å². The highest BCUT2D eigenvalue weighted by molar-refractivity contribution is 7.12. The Kier molecular flexibility index (Phi) is 3.36. The number of hydrogen-bond acceptors (Lipinski definition) is 3. The smallest absolute Gasteiger partial charge is 0.0845 e. The molecule has 0 aliphatic rings. The first-order valence-corrected chi connectivity index (χ1v) is 6.19. The van der Waals surface area contributed by atoms with Crippen molar-refractivity contribution in [2.24, 2.45) is 0 Å². The van der Waals surface area contributed by atoms with E-state index in [2.05, 4.69) is 42.3 Å². The second-order valence-corrected chi connectivity index (χ2v) is 5.20. The van der Waals surface area contributed by atoms with Crippen LogP contribution >= 0.6 is 11.3 Å². The number of rotatable bonds is 3. The molecule has 2 nitrogen and oxygen atoms in total. The molecule has 2 aromatic rings.